The maximum Gasteiger partial charge on any atom is 0.165 e. The summed E-state index contributed by atoms with van der Waals surface area (Å²) >= 11 is 0. The van der Waals surface area contributed by atoms with Gasteiger partial charge in [-0.25, -0.2) is 4.39 Å². The molecule has 0 saturated carbocycles. The number of hydrogen-bond acceptors (Lipinski definition) is 2. The van der Waals surface area contributed by atoms with E-state index in [1.165, 1.54) is 6.07 Å². The van der Waals surface area contributed by atoms with Crippen LogP contribution in [0.15, 0.2) is 29.8 Å². The Morgan fingerprint density at radius 1 is 1.37 bits per heavy atom. The van der Waals surface area contributed by atoms with Crippen molar-refractivity contribution in [3.8, 4) is 5.75 Å². The molecule has 19 heavy (non-hydrogen) atoms. The Labute approximate surface area is 115 Å². The first kappa shape index (κ1) is 15.7. The largest absolute Gasteiger partial charge is 0.486 e. The van der Waals surface area contributed by atoms with Gasteiger partial charge in [-0.15, -0.1) is 0 Å². The van der Waals surface area contributed by atoms with Crippen LogP contribution in [-0.4, -0.2) is 13.2 Å². The van der Waals surface area contributed by atoms with Gasteiger partial charge in [-0.1, -0.05) is 31.6 Å². The van der Waals surface area contributed by atoms with Crippen molar-refractivity contribution in [2.45, 2.75) is 34.2 Å². The quantitative estimate of drug-likeness (QED) is 0.755. The Morgan fingerprint density at radius 3 is 2.74 bits per heavy atom. The maximum atomic E-state index is 13.8. The molecule has 0 atom stereocenters. The Kier molecular flexibility index (Phi) is 6.57. The highest BCUT2D eigenvalue weighted by atomic mass is 19.1. The fraction of sp³-hybridized carbons (Fsp3) is 0.500. The van der Waals surface area contributed by atoms with E-state index in [1.807, 2.05) is 26.0 Å². The van der Waals surface area contributed by atoms with Crippen molar-refractivity contribution < 1.29 is 9.13 Å². The zero-order chi connectivity index (χ0) is 14.3. The molecule has 0 unspecified atom stereocenters. The molecular weight excluding hydrogens is 241 g/mol. The van der Waals surface area contributed by atoms with Crippen LogP contribution in [-0.2, 0) is 6.54 Å². The van der Waals surface area contributed by atoms with Crippen molar-refractivity contribution in [3.05, 3.63) is 41.2 Å². The number of para-hydroxylation sites is 1. The lowest BCUT2D eigenvalue weighted by molar-refractivity contribution is 0.335. The number of ether oxygens (including phenoxy) is 1. The van der Waals surface area contributed by atoms with E-state index >= 15 is 0 Å². The highest BCUT2D eigenvalue weighted by Crippen LogP contribution is 2.22. The van der Waals surface area contributed by atoms with E-state index in [1.54, 1.807) is 6.07 Å². The zero-order valence-corrected chi connectivity index (χ0v) is 12.3. The van der Waals surface area contributed by atoms with Crippen LogP contribution in [0.2, 0.25) is 0 Å². The van der Waals surface area contributed by atoms with Crippen molar-refractivity contribution in [3.63, 3.8) is 0 Å². The summed E-state index contributed by atoms with van der Waals surface area (Å²) in [6, 6.07) is 5.05. The summed E-state index contributed by atoms with van der Waals surface area (Å²) in [7, 11) is 0. The minimum atomic E-state index is -0.300. The molecule has 0 fully saturated rings. The van der Waals surface area contributed by atoms with Gasteiger partial charge in [-0.05, 0) is 38.5 Å². The van der Waals surface area contributed by atoms with Crippen LogP contribution in [0.3, 0.4) is 0 Å². The van der Waals surface area contributed by atoms with E-state index in [0.29, 0.717) is 24.8 Å². The van der Waals surface area contributed by atoms with Crippen LogP contribution in [0.5, 0.6) is 5.75 Å². The maximum absolute atomic E-state index is 13.8. The predicted molar refractivity (Wildman–Crippen MR) is 77.9 cm³/mol. The summed E-state index contributed by atoms with van der Waals surface area (Å²) in [6.45, 7) is 10.2. The van der Waals surface area contributed by atoms with E-state index in [0.717, 1.165) is 17.7 Å². The van der Waals surface area contributed by atoms with Gasteiger partial charge in [-0.2, -0.15) is 0 Å². The van der Waals surface area contributed by atoms with Gasteiger partial charge in [0.2, 0.25) is 0 Å². The molecule has 0 aliphatic heterocycles. The van der Waals surface area contributed by atoms with E-state index < -0.39 is 0 Å². The van der Waals surface area contributed by atoms with Gasteiger partial charge in [0, 0.05) is 12.1 Å². The second kappa shape index (κ2) is 7.95. The van der Waals surface area contributed by atoms with Gasteiger partial charge < -0.3 is 10.1 Å². The molecule has 0 amide bonds. The Hall–Kier alpha value is -1.35. The lowest BCUT2D eigenvalue weighted by Gasteiger charge is -2.13. The van der Waals surface area contributed by atoms with Gasteiger partial charge in [0.25, 0.3) is 0 Å². The molecule has 1 N–H and O–H groups in total. The highest BCUT2D eigenvalue weighted by Gasteiger charge is 2.09. The van der Waals surface area contributed by atoms with Crippen LogP contribution < -0.4 is 10.1 Å². The third kappa shape index (κ3) is 5.88. The number of allylic oxidation sites excluding steroid dienone is 1. The highest BCUT2D eigenvalue weighted by molar-refractivity contribution is 5.35. The monoisotopic (exact) mass is 265 g/mol. The second-order valence-corrected chi connectivity index (χ2v) is 5.35. The smallest absolute Gasteiger partial charge is 0.165 e. The predicted octanol–water partition coefficient (Wildman–Crippen LogP) is 3.92. The molecule has 0 aliphatic carbocycles. The molecule has 0 radical (unpaired) electrons. The number of halogens is 1. The molecule has 1 rings (SSSR count). The summed E-state index contributed by atoms with van der Waals surface area (Å²) in [6.07, 6.45) is 1.94. The fourth-order valence-electron chi connectivity index (χ4n) is 1.64. The lowest BCUT2D eigenvalue weighted by atomic mass is 10.1. The van der Waals surface area contributed by atoms with Crippen LogP contribution in [0.25, 0.3) is 0 Å². The van der Waals surface area contributed by atoms with Crippen LogP contribution in [0.4, 0.5) is 4.39 Å². The van der Waals surface area contributed by atoms with Gasteiger partial charge in [0.05, 0.1) is 0 Å². The Balaban J connectivity index is 2.69. The molecule has 0 aliphatic rings. The lowest BCUT2D eigenvalue weighted by Crippen LogP contribution is -2.19. The van der Waals surface area contributed by atoms with E-state index in [4.69, 9.17) is 4.74 Å². The molecular formula is C16H24FNO. The fourth-order valence-corrected chi connectivity index (χ4v) is 1.64. The molecule has 106 valence electrons. The summed E-state index contributed by atoms with van der Waals surface area (Å²) in [5.41, 5.74) is 2.03. The van der Waals surface area contributed by atoms with Gasteiger partial charge in [0.1, 0.15) is 6.61 Å². The van der Waals surface area contributed by atoms with Gasteiger partial charge in [0.15, 0.2) is 11.6 Å². The first-order valence-corrected chi connectivity index (χ1v) is 6.75. The van der Waals surface area contributed by atoms with Crippen molar-refractivity contribution in [1.29, 1.82) is 0 Å². The third-order valence-electron chi connectivity index (χ3n) is 2.64. The minimum Gasteiger partial charge on any atom is -0.486 e. The summed E-state index contributed by atoms with van der Waals surface area (Å²) in [4.78, 5) is 0. The van der Waals surface area contributed by atoms with Gasteiger partial charge in [-0.3, -0.25) is 0 Å². The topological polar surface area (TPSA) is 21.3 Å². The first-order chi connectivity index (χ1) is 9.00. The van der Waals surface area contributed by atoms with Gasteiger partial charge >= 0.3 is 0 Å². The van der Waals surface area contributed by atoms with Crippen molar-refractivity contribution >= 4 is 0 Å². The molecule has 3 heteroatoms. The Morgan fingerprint density at radius 2 is 2.11 bits per heavy atom. The van der Waals surface area contributed by atoms with Crippen LogP contribution in [0, 0.1) is 11.7 Å². The molecule has 0 aromatic heterocycles. The minimum absolute atomic E-state index is 0.300. The summed E-state index contributed by atoms with van der Waals surface area (Å²) < 4.78 is 19.3. The molecule has 1 aromatic carbocycles. The molecule has 0 heterocycles. The zero-order valence-electron chi connectivity index (χ0n) is 12.3. The van der Waals surface area contributed by atoms with E-state index in [2.05, 4.69) is 19.2 Å². The number of hydrogen-bond donors (Lipinski definition) is 1. The average Bonchev–Trinajstić information content (AvgIpc) is 2.31. The van der Waals surface area contributed by atoms with Crippen LogP contribution >= 0.6 is 0 Å². The van der Waals surface area contributed by atoms with Crippen molar-refractivity contribution in [2.75, 3.05) is 13.2 Å². The third-order valence-corrected chi connectivity index (χ3v) is 2.64. The number of rotatable bonds is 7. The van der Waals surface area contributed by atoms with E-state index in [9.17, 15) is 4.39 Å². The summed E-state index contributed by atoms with van der Waals surface area (Å²) in [5.74, 6) is 0.630. The van der Waals surface area contributed by atoms with E-state index in [-0.39, 0.29) is 5.82 Å². The van der Waals surface area contributed by atoms with Crippen LogP contribution in [0.1, 0.15) is 33.3 Å². The normalized spacial score (nSPS) is 10.6. The molecule has 0 bridgehead atoms. The molecule has 0 spiro atoms. The number of benzene rings is 1. The second-order valence-electron chi connectivity index (χ2n) is 5.35. The first-order valence-electron chi connectivity index (χ1n) is 6.75. The molecule has 1 aromatic rings. The SMILES string of the molecule is CC(C)=CCOc1c(F)cccc1CNCC(C)C. The Bertz CT molecular complexity index is 423. The summed E-state index contributed by atoms with van der Waals surface area (Å²) in [5, 5.41) is 3.31. The molecule has 0 saturated heterocycles. The average molecular weight is 265 g/mol. The molecule has 2 nitrogen and oxygen atoms in total. The van der Waals surface area contributed by atoms with Crippen molar-refractivity contribution in [1.82, 2.24) is 5.32 Å². The van der Waals surface area contributed by atoms with Crippen molar-refractivity contribution in [2.24, 2.45) is 5.92 Å². The standard InChI is InChI=1S/C16H24FNO/c1-12(2)8-9-19-16-14(6-5-7-15(16)17)11-18-10-13(3)4/h5-8,13,18H,9-11H2,1-4H3. The number of nitrogens with one attached hydrogen (secondary N) is 1.